The zero-order valence-electron chi connectivity index (χ0n) is 19.6. The molecule has 194 valence electrons. The lowest BCUT2D eigenvalue weighted by molar-refractivity contribution is -0.277. The van der Waals surface area contributed by atoms with Crippen molar-refractivity contribution in [3.8, 4) is 40.1 Å². The van der Waals surface area contributed by atoms with Gasteiger partial charge in [0, 0.05) is 17.7 Å². The smallest absolute Gasteiger partial charge is 0.229 e. The van der Waals surface area contributed by atoms with Crippen LogP contribution < -0.4 is 24.4 Å². The summed E-state index contributed by atoms with van der Waals surface area (Å²) in [7, 11) is 4.08. The number of aromatic hydroxyl groups is 1. The minimum absolute atomic E-state index is 0.00131. The number of benzene rings is 2. The summed E-state index contributed by atoms with van der Waals surface area (Å²) >= 11 is 0. The molecule has 1 aliphatic rings. The van der Waals surface area contributed by atoms with Gasteiger partial charge in [0.1, 0.15) is 41.1 Å². The molecule has 12 heteroatoms. The molecule has 0 saturated carbocycles. The fourth-order valence-corrected chi connectivity index (χ4v) is 3.96. The van der Waals surface area contributed by atoms with Gasteiger partial charge < -0.3 is 53.6 Å². The molecule has 3 aromatic rings. The van der Waals surface area contributed by atoms with E-state index in [1.807, 2.05) is 0 Å². The van der Waals surface area contributed by atoms with Gasteiger partial charge in [-0.15, -0.1) is 0 Å². The topological polar surface area (TPSA) is 178 Å². The van der Waals surface area contributed by atoms with Crippen molar-refractivity contribution in [3.05, 3.63) is 40.6 Å². The predicted molar refractivity (Wildman–Crippen MR) is 124 cm³/mol. The van der Waals surface area contributed by atoms with E-state index in [0.29, 0.717) is 5.56 Å². The Bertz CT molecular complexity index is 1300. The zero-order chi connectivity index (χ0) is 26.1. The zero-order valence-corrected chi connectivity index (χ0v) is 19.6. The molecule has 1 saturated heterocycles. The van der Waals surface area contributed by atoms with Gasteiger partial charge in [-0.05, 0) is 18.2 Å². The molecule has 36 heavy (non-hydrogen) atoms. The molecule has 1 aromatic heterocycles. The van der Waals surface area contributed by atoms with Gasteiger partial charge in [0.15, 0.2) is 28.4 Å². The lowest BCUT2D eigenvalue weighted by atomic mass is 9.99. The molecule has 0 aliphatic carbocycles. The van der Waals surface area contributed by atoms with Gasteiger partial charge in [-0.3, -0.25) is 4.79 Å². The van der Waals surface area contributed by atoms with E-state index in [4.69, 9.17) is 28.1 Å². The van der Waals surface area contributed by atoms with E-state index < -0.39 is 48.5 Å². The number of phenolic OH excluding ortho intramolecular Hbond substituents is 1. The lowest BCUT2D eigenvalue weighted by Gasteiger charge is -2.39. The summed E-state index contributed by atoms with van der Waals surface area (Å²) in [6.45, 7) is -0.603. The maximum absolute atomic E-state index is 12.8. The molecule has 2 aromatic carbocycles. The van der Waals surface area contributed by atoms with Crippen molar-refractivity contribution in [1.82, 2.24) is 0 Å². The van der Waals surface area contributed by atoms with Gasteiger partial charge in [-0.2, -0.15) is 0 Å². The number of hydrogen-bond donors (Lipinski definition) is 5. The van der Waals surface area contributed by atoms with Crippen LogP contribution in [0.4, 0.5) is 0 Å². The second-order valence-corrected chi connectivity index (χ2v) is 7.99. The van der Waals surface area contributed by atoms with Crippen LogP contribution in [0.3, 0.4) is 0 Å². The highest BCUT2D eigenvalue weighted by atomic mass is 16.7. The molecule has 5 atom stereocenters. The third-order valence-corrected chi connectivity index (χ3v) is 5.88. The van der Waals surface area contributed by atoms with Crippen LogP contribution in [0.1, 0.15) is 0 Å². The van der Waals surface area contributed by atoms with E-state index in [-0.39, 0.29) is 39.7 Å². The van der Waals surface area contributed by atoms with E-state index in [1.54, 1.807) is 6.07 Å². The number of aliphatic hydroxyl groups excluding tert-OH is 4. The first-order valence-electron chi connectivity index (χ1n) is 10.8. The summed E-state index contributed by atoms with van der Waals surface area (Å²) in [5.74, 6) is 0.190. The Hall–Kier alpha value is -3.55. The van der Waals surface area contributed by atoms with Crippen LogP contribution >= 0.6 is 0 Å². The number of hydrogen-bond acceptors (Lipinski definition) is 12. The second kappa shape index (κ2) is 10.2. The van der Waals surface area contributed by atoms with Crippen LogP contribution in [-0.2, 0) is 4.74 Å². The third-order valence-electron chi connectivity index (χ3n) is 5.88. The van der Waals surface area contributed by atoms with Gasteiger partial charge in [0.05, 0.1) is 27.9 Å². The molecule has 4 rings (SSSR count). The Labute approximate surface area is 204 Å². The number of fused-ring (bicyclic) bond motifs is 1. The van der Waals surface area contributed by atoms with Crippen molar-refractivity contribution in [2.24, 2.45) is 0 Å². The standard InChI is InChI=1S/C24H26O12/c1-31-14-6-10(4-5-12(14)35-24-22(30)21(29)19(27)17(9-25)36-24)13-7-11(26)18-15(34-13)8-16(32-2)23(33-3)20(18)28/h4-8,17,19,21-22,24-25,27-30H,9H2,1-3H3/t17-,19-,21+,22-,24?/m1/s1. The van der Waals surface area contributed by atoms with Crippen LogP contribution in [0.15, 0.2) is 39.5 Å². The molecule has 1 fully saturated rings. The molecule has 5 N–H and O–H groups in total. The summed E-state index contributed by atoms with van der Waals surface area (Å²) in [6.07, 6.45) is -7.29. The van der Waals surface area contributed by atoms with Gasteiger partial charge in [-0.1, -0.05) is 0 Å². The molecular formula is C24H26O12. The van der Waals surface area contributed by atoms with Gasteiger partial charge in [0.25, 0.3) is 0 Å². The SMILES string of the molecule is COc1cc(-c2cc(=O)c3c(O)c(OC)c(OC)cc3o2)ccc1OC1O[C@H](CO)[C@@H](O)[C@H](O)[C@H]1O. The molecule has 1 unspecified atom stereocenters. The van der Waals surface area contributed by atoms with Crippen LogP contribution in [0.5, 0.6) is 28.7 Å². The summed E-state index contributed by atoms with van der Waals surface area (Å²) < 4.78 is 32.6. The minimum atomic E-state index is -1.61. The molecule has 0 radical (unpaired) electrons. The van der Waals surface area contributed by atoms with Crippen LogP contribution in [0, 0.1) is 0 Å². The monoisotopic (exact) mass is 506 g/mol. The number of rotatable bonds is 7. The Morgan fingerprint density at radius 2 is 1.61 bits per heavy atom. The average molecular weight is 506 g/mol. The normalized spacial score (nSPS) is 23.9. The summed E-state index contributed by atoms with van der Waals surface area (Å²) in [5, 5.41) is 49.9. The van der Waals surface area contributed by atoms with Crippen molar-refractivity contribution >= 4 is 11.0 Å². The Morgan fingerprint density at radius 1 is 0.889 bits per heavy atom. The predicted octanol–water partition coefficient (Wildman–Crippen LogP) is 0.370. The first-order valence-corrected chi connectivity index (χ1v) is 10.8. The lowest BCUT2D eigenvalue weighted by Crippen LogP contribution is -2.60. The molecule has 0 bridgehead atoms. The quantitative estimate of drug-likeness (QED) is 0.298. The van der Waals surface area contributed by atoms with Crippen molar-refractivity contribution in [3.63, 3.8) is 0 Å². The second-order valence-electron chi connectivity index (χ2n) is 7.99. The van der Waals surface area contributed by atoms with Gasteiger partial charge >= 0.3 is 0 Å². The highest BCUT2D eigenvalue weighted by molar-refractivity contribution is 5.89. The van der Waals surface area contributed by atoms with Gasteiger partial charge in [0.2, 0.25) is 12.0 Å². The van der Waals surface area contributed by atoms with Crippen molar-refractivity contribution in [1.29, 1.82) is 0 Å². The van der Waals surface area contributed by atoms with Crippen LogP contribution in [0.2, 0.25) is 0 Å². The molecule has 0 spiro atoms. The van der Waals surface area contributed by atoms with Crippen molar-refractivity contribution in [2.45, 2.75) is 30.7 Å². The number of aliphatic hydroxyl groups is 4. The van der Waals surface area contributed by atoms with Crippen molar-refractivity contribution < 1.29 is 53.6 Å². The van der Waals surface area contributed by atoms with E-state index >= 15 is 0 Å². The van der Waals surface area contributed by atoms with Gasteiger partial charge in [-0.25, -0.2) is 0 Å². The van der Waals surface area contributed by atoms with E-state index in [0.717, 1.165) is 0 Å². The first-order chi connectivity index (χ1) is 17.2. The maximum Gasteiger partial charge on any atom is 0.229 e. The van der Waals surface area contributed by atoms with E-state index in [2.05, 4.69) is 0 Å². The Morgan fingerprint density at radius 3 is 2.25 bits per heavy atom. The number of ether oxygens (including phenoxy) is 5. The molecule has 0 amide bonds. The number of methoxy groups -OCH3 is 3. The summed E-state index contributed by atoms with van der Waals surface area (Å²) in [4.78, 5) is 12.8. The van der Waals surface area contributed by atoms with E-state index in [1.165, 1.54) is 45.6 Å². The fraction of sp³-hybridized carbons (Fsp3) is 0.375. The maximum atomic E-state index is 12.8. The summed E-state index contributed by atoms with van der Waals surface area (Å²) in [6, 6.07) is 7.13. The largest absolute Gasteiger partial charge is 0.504 e. The molecule has 2 heterocycles. The molecule has 12 nitrogen and oxygen atoms in total. The minimum Gasteiger partial charge on any atom is -0.504 e. The van der Waals surface area contributed by atoms with Crippen LogP contribution in [0.25, 0.3) is 22.3 Å². The van der Waals surface area contributed by atoms with Crippen LogP contribution in [-0.4, -0.2) is 84.2 Å². The third kappa shape index (κ3) is 4.40. The Kier molecular flexibility index (Phi) is 7.24. The van der Waals surface area contributed by atoms with Crippen molar-refractivity contribution in [2.75, 3.05) is 27.9 Å². The molecular weight excluding hydrogens is 480 g/mol. The first kappa shape index (κ1) is 25.5. The highest BCUT2D eigenvalue weighted by Gasteiger charge is 2.45. The average Bonchev–Trinajstić information content (AvgIpc) is 2.88. The van der Waals surface area contributed by atoms with E-state index in [9.17, 15) is 30.3 Å². The Balaban J connectivity index is 1.70. The highest BCUT2D eigenvalue weighted by Crippen LogP contribution is 2.42. The summed E-state index contributed by atoms with van der Waals surface area (Å²) in [5.41, 5.74) is -0.0418. The number of phenols is 1. The molecule has 1 aliphatic heterocycles. The fourth-order valence-electron chi connectivity index (χ4n) is 3.96.